The first kappa shape index (κ1) is 26.0. The van der Waals surface area contributed by atoms with Crippen LogP contribution in [0.4, 0.5) is 11.4 Å². The Kier molecular flexibility index (Phi) is 7.76. The van der Waals surface area contributed by atoms with Crippen molar-refractivity contribution in [3.05, 3.63) is 78.1 Å². The van der Waals surface area contributed by atoms with Crippen LogP contribution in [-0.4, -0.2) is 46.5 Å². The van der Waals surface area contributed by atoms with Crippen LogP contribution in [0.15, 0.2) is 76.5 Å². The van der Waals surface area contributed by atoms with Gasteiger partial charge in [-0.3, -0.25) is 28.6 Å². The number of aromatic nitrogens is 1. The molecule has 4 N–H and O–H groups in total. The highest BCUT2D eigenvalue weighted by Gasteiger charge is 2.16. The van der Waals surface area contributed by atoms with Crippen molar-refractivity contribution in [3.8, 4) is 0 Å². The number of hydrogen-bond donors (Lipinski definition) is 4. The van der Waals surface area contributed by atoms with Crippen molar-refractivity contribution in [3.63, 3.8) is 0 Å². The van der Waals surface area contributed by atoms with Crippen molar-refractivity contribution >= 4 is 56.1 Å². The van der Waals surface area contributed by atoms with E-state index < -0.39 is 31.9 Å². The summed E-state index contributed by atoms with van der Waals surface area (Å²) in [6.45, 7) is 0. The predicted molar refractivity (Wildman–Crippen MR) is 126 cm³/mol. The number of nitrogens with one attached hydrogen (secondary N) is 4. The van der Waals surface area contributed by atoms with Gasteiger partial charge in [0.05, 0.1) is 9.79 Å². The molecule has 0 fully saturated rings. The smallest absolute Gasteiger partial charge is 0.274 e. The van der Waals surface area contributed by atoms with E-state index in [4.69, 9.17) is 0 Å². The monoisotopic (exact) mass is 531 g/mol. The van der Waals surface area contributed by atoms with Gasteiger partial charge in [-0.1, -0.05) is 6.07 Å². The van der Waals surface area contributed by atoms with E-state index in [1.165, 1.54) is 66.7 Å². The van der Waals surface area contributed by atoms with Crippen molar-refractivity contribution in [2.45, 2.75) is 9.79 Å². The first-order chi connectivity index (χ1) is 17.1. The van der Waals surface area contributed by atoms with Gasteiger partial charge in [-0.2, -0.15) is 0 Å². The average Bonchev–Trinajstić information content (AvgIpc) is 2.85. The molecule has 0 atom stereocenters. The fourth-order valence-corrected chi connectivity index (χ4v) is 4.29. The van der Waals surface area contributed by atoms with E-state index in [9.17, 15) is 36.0 Å². The lowest BCUT2D eigenvalue weighted by Crippen LogP contribution is -2.22. The molecule has 0 saturated heterocycles. The van der Waals surface area contributed by atoms with Crippen LogP contribution < -0.4 is 20.1 Å². The number of nitrogens with zero attached hydrogens (tertiary/aromatic N) is 1. The Hall–Kier alpha value is -4.63. The van der Waals surface area contributed by atoms with Crippen LogP contribution in [0.2, 0.25) is 0 Å². The highest BCUT2D eigenvalue weighted by molar-refractivity contribution is 7.90. The van der Waals surface area contributed by atoms with Gasteiger partial charge >= 0.3 is 0 Å². The summed E-state index contributed by atoms with van der Waals surface area (Å²) in [6, 6.07) is 14.1. The minimum atomic E-state index is -4.00. The van der Waals surface area contributed by atoms with Crippen LogP contribution in [0.5, 0.6) is 0 Å². The van der Waals surface area contributed by atoms with Crippen LogP contribution in [-0.2, 0) is 29.6 Å². The minimum Gasteiger partial charge on any atom is -0.321 e. The van der Waals surface area contributed by atoms with Crippen molar-refractivity contribution in [1.29, 1.82) is 0 Å². The summed E-state index contributed by atoms with van der Waals surface area (Å²) >= 11 is 0. The zero-order valence-electron chi connectivity index (χ0n) is 18.0. The highest BCUT2D eigenvalue weighted by Crippen LogP contribution is 2.16. The SMILES string of the molecule is O=CNS(=O)(=O)c1ccc(NC(=O)c2cccc(C(=O)Nc3ccc(S(=O)(=O)NC=O)cc3)n2)cc1. The molecule has 1 heterocycles. The molecule has 13 nitrogen and oxygen atoms in total. The third kappa shape index (κ3) is 6.28. The second-order valence-electron chi connectivity index (χ2n) is 6.84. The second-order valence-corrected chi connectivity index (χ2v) is 10.3. The number of carbonyl (C=O) groups is 4. The van der Waals surface area contributed by atoms with Crippen molar-refractivity contribution in [2.75, 3.05) is 10.6 Å². The lowest BCUT2D eigenvalue weighted by Gasteiger charge is -2.09. The normalized spacial score (nSPS) is 11.1. The molecule has 3 aromatic rings. The molecular formula is C21H17N5O8S2. The maximum Gasteiger partial charge on any atom is 0.274 e. The van der Waals surface area contributed by atoms with Crippen LogP contribution in [0, 0.1) is 0 Å². The molecule has 15 heteroatoms. The zero-order valence-corrected chi connectivity index (χ0v) is 19.7. The minimum absolute atomic E-state index is 0.0345. The topological polar surface area (TPSA) is 198 Å². The molecule has 3 rings (SSSR count). The molecule has 36 heavy (non-hydrogen) atoms. The molecule has 0 spiro atoms. The Morgan fingerprint density at radius 1 is 0.611 bits per heavy atom. The first-order valence-corrected chi connectivity index (χ1v) is 12.7. The summed E-state index contributed by atoms with van der Waals surface area (Å²) in [7, 11) is -7.99. The zero-order chi connectivity index (χ0) is 26.3. The van der Waals surface area contributed by atoms with Crippen molar-refractivity contribution in [2.24, 2.45) is 0 Å². The summed E-state index contributed by atoms with van der Waals surface area (Å²) < 4.78 is 50.5. The highest BCUT2D eigenvalue weighted by atomic mass is 32.2. The van der Waals surface area contributed by atoms with Crippen LogP contribution in [0.1, 0.15) is 21.0 Å². The summed E-state index contributed by atoms with van der Waals surface area (Å²) in [5.74, 6) is -1.35. The number of sulfonamides is 2. The third-order valence-corrected chi connectivity index (χ3v) is 7.06. The molecule has 0 unspecified atom stereocenters. The van der Waals surface area contributed by atoms with E-state index in [0.717, 1.165) is 0 Å². The number of amides is 4. The lowest BCUT2D eigenvalue weighted by atomic mass is 10.2. The number of benzene rings is 2. The van der Waals surface area contributed by atoms with Gasteiger partial charge in [0.1, 0.15) is 11.4 Å². The van der Waals surface area contributed by atoms with E-state index in [2.05, 4.69) is 15.6 Å². The number of rotatable bonds is 10. The molecule has 1 aromatic heterocycles. The van der Waals surface area contributed by atoms with Gasteiger partial charge in [-0.15, -0.1) is 0 Å². The van der Waals surface area contributed by atoms with Crippen LogP contribution >= 0.6 is 0 Å². The van der Waals surface area contributed by atoms with Gasteiger partial charge in [0.2, 0.25) is 12.8 Å². The molecule has 0 saturated carbocycles. The third-order valence-electron chi connectivity index (χ3n) is 4.47. The Morgan fingerprint density at radius 3 is 1.31 bits per heavy atom. The van der Waals surface area contributed by atoms with Crippen LogP contribution in [0.25, 0.3) is 0 Å². The summed E-state index contributed by atoms with van der Waals surface area (Å²) in [6.07, 6.45) is 0.0691. The van der Waals surface area contributed by atoms with Gasteiger partial charge in [0.25, 0.3) is 31.9 Å². The van der Waals surface area contributed by atoms with E-state index in [1.54, 1.807) is 9.44 Å². The molecular weight excluding hydrogens is 514 g/mol. The maximum atomic E-state index is 12.5. The Morgan fingerprint density at radius 2 is 0.972 bits per heavy atom. The number of anilines is 2. The average molecular weight is 532 g/mol. The number of carbonyl (C=O) groups excluding carboxylic acids is 4. The molecule has 0 aliphatic carbocycles. The Balaban J connectivity index is 1.69. The quantitative estimate of drug-likeness (QED) is 0.268. The fourth-order valence-electron chi connectivity index (χ4n) is 2.78. The molecule has 0 bridgehead atoms. The van der Waals surface area contributed by atoms with E-state index >= 15 is 0 Å². The Bertz CT molecular complexity index is 1410. The summed E-state index contributed by atoms with van der Waals surface area (Å²) in [5, 5.41) is 5.02. The largest absolute Gasteiger partial charge is 0.321 e. The first-order valence-electron chi connectivity index (χ1n) is 9.77. The van der Waals surface area contributed by atoms with Gasteiger partial charge in [-0.05, 0) is 60.7 Å². The second kappa shape index (κ2) is 10.7. The molecule has 0 aliphatic rings. The van der Waals surface area contributed by atoms with Gasteiger partial charge in [0.15, 0.2) is 0 Å². The predicted octanol–water partition coefficient (Wildman–Crippen LogP) is 0.456. The molecule has 0 aliphatic heterocycles. The van der Waals surface area contributed by atoms with Gasteiger partial charge in [-0.25, -0.2) is 21.8 Å². The Labute approximate surface area is 205 Å². The number of hydrogen-bond acceptors (Lipinski definition) is 9. The molecule has 0 radical (unpaired) electrons. The standard InChI is InChI=1S/C21H17N5O8S2/c27-12-22-35(31,32)16-8-4-14(5-9-16)24-20(29)18-2-1-3-19(26-18)21(30)25-15-6-10-17(11-7-15)36(33,34)23-13-28/h1-13H,(H,22,27)(H,23,28)(H,24,29)(H,25,30). The van der Waals surface area contributed by atoms with Crippen molar-refractivity contribution in [1.82, 2.24) is 14.4 Å². The van der Waals surface area contributed by atoms with Crippen molar-refractivity contribution < 1.29 is 36.0 Å². The van der Waals surface area contributed by atoms with Gasteiger partial charge in [0, 0.05) is 11.4 Å². The summed E-state index contributed by atoms with van der Waals surface area (Å²) in [4.78, 5) is 49.5. The fraction of sp³-hybridized carbons (Fsp3) is 0. The lowest BCUT2D eigenvalue weighted by molar-refractivity contribution is -0.108. The van der Waals surface area contributed by atoms with E-state index in [1.807, 2.05) is 0 Å². The van der Waals surface area contributed by atoms with Gasteiger partial charge < -0.3 is 10.6 Å². The maximum absolute atomic E-state index is 12.5. The number of pyridine rings is 1. The molecule has 4 amide bonds. The van der Waals surface area contributed by atoms with E-state index in [-0.39, 0.29) is 45.4 Å². The van der Waals surface area contributed by atoms with E-state index in [0.29, 0.717) is 0 Å². The summed E-state index contributed by atoms with van der Waals surface area (Å²) in [5.41, 5.74) is 0.258. The van der Waals surface area contributed by atoms with Crippen LogP contribution in [0.3, 0.4) is 0 Å². The molecule has 2 aromatic carbocycles. The molecule has 186 valence electrons.